The predicted molar refractivity (Wildman–Crippen MR) is 123 cm³/mol. The van der Waals surface area contributed by atoms with Gasteiger partial charge in [0.25, 0.3) is 0 Å². The summed E-state index contributed by atoms with van der Waals surface area (Å²) in [5, 5.41) is 1.23. The monoisotopic (exact) mass is 452 g/mol. The first-order valence-corrected chi connectivity index (χ1v) is 12.7. The Morgan fingerprint density at radius 3 is 2.41 bits per heavy atom. The van der Waals surface area contributed by atoms with Crippen LogP contribution in [0.2, 0.25) is 0 Å². The van der Waals surface area contributed by atoms with Crippen LogP contribution in [0.15, 0.2) is 59.8 Å². The molecule has 168 valence electrons. The number of pyridine rings is 1. The molecule has 5 rings (SSSR count). The lowest BCUT2D eigenvalue weighted by molar-refractivity contribution is -0.137. The van der Waals surface area contributed by atoms with E-state index in [0.29, 0.717) is 31.8 Å². The number of aromatic nitrogens is 2. The minimum absolute atomic E-state index is 0.0972. The molecule has 0 unspecified atom stereocenters. The Morgan fingerprint density at radius 1 is 0.969 bits per heavy atom. The third-order valence-corrected chi connectivity index (χ3v) is 8.75. The molecule has 8 heteroatoms. The predicted octanol–water partition coefficient (Wildman–Crippen LogP) is 3.37. The van der Waals surface area contributed by atoms with Crippen molar-refractivity contribution in [3.8, 4) is 0 Å². The number of nitrogens with one attached hydrogen (secondary N) is 1. The first-order valence-electron chi connectivity index (χ1n) is 11.3. The summed E-state index contributed by atoms with van der Waals surface area (Å²) in [5.74, 6) is 0.524. The van der Waals surface area contributed by atoms with Crippen molar-refractivity contribution in [1.29, 1.82) is 0 Å². The highest BCUT2D eigenvalue weighted by molar-refractivity contribution is 7.89. The van der Waals surface area contributed by atoms with Crippen LogP contribution in [0.4, 0.5) is 0 Å². The molecule has 32 heavy (non-hydrogen) atoms. The number of H-pyrrole nitrogens is 1. The smallest absolute Gasteiger partial charge is 0.244 e. The standard InChI is InChI=1S/C24H28N4O3S/c29-24(19-9-14-28(15-10-19)32(30,31)21-5-3-11-25-17-21)27-12-7-18(8-13-27)23-16-20-4-1-2-6-22(20)26-23/h1-6,11,16-19,26H,7-10,12-15H2. The zero-order valence-electron chi connectivity index (χ0n) is 18.0. The molecule has 3 aromatic rings. The van der Waals surface area contributed by atoms with Crippen molar-refractivity contribution in [2.75, 3.05) is 26.2 Å². The first-order chi connectivity index (χ1) is 15.5. The van der Waals surface area contributed by atoms with E-state index >= 15 is 0 Å². The van der Waals surface area contributed by atoms with Gasteiger partial charge in [0.2, 0.25) is 15.9 Å². The SMILES string of the molecule is O=C(C1CCN(S(=O)(=O)c2cccnc2)CC1)N1CCC(c2cc3ccccc3[nH]2)CC1. The van der Waals surface area contributed by atoms with Gasteiger partial charge in [0.15, 0.2) is 0 Å². The molecule has 1 aromatic carbocycles. The average molecular weight is 453 g/mol. The molecule has 2 aliphatic heterocycles. The fourth-order valence-electron chi connectivity index (χ4n) is 4.98. The third kappa shape index (κ3) is 4.04. The number of aromatic amines is 1. The summed E-state index contributed by atoms with van der Waals surface area (Å²) in [4.78, 5) is 22.8. The summed E-state index contributed by atoms with van der Waals surface area (Å²) in [6.45, 7) is 2.26. The number of rotatable bonds is 4. The maximum absolute atomic E-state index is 13.1. The Hall–Kier alpha value is -2.71. The summed E-state index contributed by atoms with van der Waals surface area (Å²) in [7, 11) is -3.54. The lowest BCUT2D eigenvalue weighted by Crippen LogP contribution is -2.46. The molecule has 2 fully saturated rings. The minimum Gasteiger partial charge on any atom is -0.358 e. The number of hydrogen-bond acceptors (Lipinski definition) is 4. The second-order valence-electron chi connectivity index (χ2n) is 8.78. The molecule has 1 N–H and O–H groups in total. The molecule has 2 aromatic heterocycles. The second kappa shape index (κ2) is 8.67. The van der Waals surface area contributed by atoms with Crippen molar-refractivity contribution in [3.63, 3.8) is 0 Å². The highest BCUT2D eigenvalue weighted by atomic mass is 32.2. The van der Waals surface area contributed by atoms with Gasteiger partial charge in [0.1, 0.15) is 4.90 Å². The zero-order chi connectivity index (χ0) is 22.1. The molecule has 0 bridgehead atoms. The molecule has 7 nitrogen and oxygen atoms in total. The molecule has 0 spiro atoms. The van der Waals surface area contributed by atoms with Gasteiger partial charge in [-0.2, -0.15) is 4.31 Å². The highest BCUT2D eigenvalue weighted by Gasteiger charge is 2.35. The molecule has 1 amide bonds. The lowest BCUT2D eigenvalue weighted by Gasteiger charge is -2.36. The molecule has 0 aliphatic carbocycles. The van der Waals surface area contributed by atoms with E-state index in [1.807, 2.05) is 11.0 Å². The molecule has 2 aliphatic rings. The lowest BCUT2D eigenvalue weighted by atomic mass is 9.91. The van der Waals surface area contributed by atoms with Gasteiger partial charge in [-0.3, -0.25) is 9.78 Å². The van der Waals surface area contributed by atoms with Crippen molar-refractivity contribution in [3.05, 3.63) is 60.6 Å². The van der Waals surface area contributed by atoms with Crippen LogP contribution in [-0.2, 0) is 14.8 Å². The van der Waals surface area contributed by atoms with E-state index in [0.717, 1.165) is 31.4 Å². The van der Waals surface area contributed by atoms with Crippen molar-refractivity contribution < 1.29 is 13.2 Å². The zero-order valence-corrected chi connectivity index (χ0v) is 18.8. The Bertz CT molecular complexity index is 1160. The summed E-state index contributed by atoms with van der Waals surface area (Å²) >= 11 is 0. The molecule has 0 saturated carbocycles. The van der Waals surface area contributed by atoms with Crippen LogP contribution in [0.25, 0.3) is 10.9 Å². The average Bonchev–Trinajstić information content (AvgIpc) is 3.29. The number of likely N-dealkylation sites (tertiary alicyclic amines) is 1. The molecule has 2 saturated heterocycles. The van der Waals surface area contributed by atoms with E-state index in [4.69, 9.17) is 0 Å². The van der Waals surface area contributed by atoms with Gasteiger partial charge in [-0.25, -0.2) is 8.42 Å². The molecular formula is C24H28N4O3S. The van der Waals surface area contributed by atoms with Crippen LogP contribution in [0.5, 0.6) is 0 Å². The van der Waals surface area contributed by atoms with Crippen LogP contribution < -0.4 is 0 Å². The van der Waals surface area contributed by atoms with E-state index in [-0.39, 0.29) is 16.7 Å². The fraction of sp³-hybridized carbons (Fsp3) is 0.417. The summed E-state index contributed by atoms with van der Waals surface area (Å²) < 4.78 is 27.1. The largest absolute Gasteiger partial charge is 0.358 e. The molecule has 4 heterocycles. The summed E-state index contributed by atoms with van der Waals surface area (Å²) in [5.41, 5.74) is 2.42. The van der Waals surface area contributed by atoms with Gasteiger partial charge in [0.05, 0.1) is 0 Å². The van der Waals surface area contributed by atoms with Crippen molar-refractivity contribution in [1.82, 2.24) is 19.2 Å². The number of hydrogen-bond donors (Lipinski definition) is 1. The first kappa shape index (κ1) is 21.2. The number of benzene rings is 1. The number of carbonyl (C=O) groups is 1. The van der Waals surface area contributed by atoms with E-state index in [9.17, 15) is 13.2 Å². The van der Waals surface area contributed by atoms with Crippen LogP contribution in [0.3, 0.4) is 0 Å². The van der Waals surface area contributed by atoms with E-state index < -0.39 is 10.0 Å². The number of sulfonamides is 1. The molecular weight excluding hydrogens is 424 g/mol. The normalized spacial score (nSPS) is 19.4. The van der Waals surface area contributed by atoms with Crippen LogP contribution >= 0.6 is 0 Å². The maximum Gasteiger partial charge on any atom is 0.244 e. The second-order valence-corrected chi connectivity index (χ2v) is 10.7. The number of para-hydroxylation sites is 1. The number of piperidine rings is 2. The number of amides is 1. The highest BCUT2D eigenvalue weighted by Crippen LogP contribution is 2.32. The van der Waals surface area contributed by atoms with Crippen molar-refractivity contribution >= 4 is 26.8 Å². The van der Waals surface area contributed by atoms with Crippen LogP contribution in [0, 0.1) is 5.92 Å². The third-order valence-electron chi connectivity index (χ3n) is 6.87. The van der Waals surface area contributed by atoms with Gasteiger partial charge in [-0.15, -0.1) is 0 Å². The Kier molecular flexibility index (Phi) is 5.73. The molecule has 0 radical (unpaired) electrons. The van der Waals surface area contributed by atoms with Gasteiger partial charge < -0.3 is 9.88 Å². The van der Waals surface area contributed by atoms with E-state index in [1.54, 1.807) is 18.3 Å². The maximum atomic E-state index is 13.1. The van der Waals surface area contributed by atoms with E-state index in [2.05, 4.69) is 34.2 Å². The van der Waals surface area contributed by atoms with Gasteiger partial charge in [-0.1, -0.05) is 18.2 Å². The quantitative estimate of drug-likeness (QED) is 0.658. The number of fused-ring (bicyclic) bond motifs is 1. The van der Waals surface area contributed by atoms with Gasteiger partial charge in [-0.05, 0) is 55.3 Å². The number of nitrogens with zero attached hydrogens (tertiary/aromatic N) is 3. The fourth-order valence-corrected chi connectivity index (χ4v) is 6.41. The van der Waals surface area contributed by atoms with Crippen LogP contribution in [-0.4, -0.2) is 59.7 Å². The van der Waals surface area contributed by atoms with Crippen molar-refractivity contribution in [2.45, 2.75) is 36.5 Å². The Labute approximate surface area is 188 Å². The Balaban J connectivity index is 1.16. The van der Waals surface area contributed by atoms with Crippen molar-refractivity contribution in [2.24, 2.45) is 5.92 Å². The number of carbonyl (C=O) groups excluding carboxylic acids is 1. The minimum atomic E-state index is -3.54. The summed E-state index contributed by atoms with van der Waals surface area (Å²) in [6, 6.07) is 13.7. The summed E-state index contributed by atoms with van der Waals surface area (Å²) in [6.07, 6.45) is 5.98. The van der Waals surface area contributed by atoms with Crippen LogP contribution in [0.1, 0.15) is 37.3 Å². The molecule has 0 atom stereocenters. The van der Waals surface area contributed by atoms with Gasteiger partial charge in [0, 0.05) is 61.6 Å². The topological polar surface area (TPSA) is 86.4 Å². The Morgan fingerprint density at radius 2 is 1.72 bits per heavy atom. The van der Waals surface area contributed by atoms with Gasteiger partial charge >= 0.3 is 0 Å². The van der Waals surface area contributed by atoms with E-state index in [1.165, 1.54) is 21.6 Å².